The average Bonchev–Trinajstić information content (AvgIpc) is 2.52. The Balaban J connectivity index is 2.27. The Hall–Kier alpha value is -0.600. The summed E-state index contributed by atoms with van der Waals surface area (Å²) in [6.45, 7) is 0. The van der Waals surface area contributed by atoms with Crippen molar-refractivity contribution in [3.8, 4) is 0 Å². The van der Waals surface area contributed by atoms with Crippen LogP contribution in [0.25, 0.3) is 0 Å². The van der Waals surface area contributed by atoms with E-state index in [4.69, 9.17) is 69.6 Å². The van der Waals surface area contributed by atoms with E-state index in [1.165, 1.54) is 0 Å². The highest BCUT2D eigenvalue weighted by atomic mass is 35.5. The van der Waals surface area contributed by atoms with Gasteiger partial charge in [-0.3, -0.25) is 0 Å². The minimum Gasteiger partial charge on any atom is -0.0843 e. The van der Waals surface area contributed by atoms with Crippen LogP contribution in [-0.2, 0) is 0 Å². The molecule has 3 aromatic carbocycles. The number of hydrogen-bond donors (Lipinski definition) is 0. The molecule has 0 nitrogen and oxygen atoms in total. The number of benzene rings is 3. The van der Waals surface area contributed by atoms with Crippen molar-refractivity contribution in [2.45, 2.75) is 5.92 Å². The highest BCUT2D eigenvalue weighted by Crippen LogP contribution is 2.43. The first-order valence-electron chi connectivity index (χ1n) is 7.21. The van der Waals surface area contributed by atoms with E-state index >= 15 is 0 Å². The van der Waals surface area contributed by atoms with Gasteiger partial charge in [0.2, 0.25) is 0 Å². The van der Waals surface area contributed by atoms with Gasteiger partial charge in [0, 0.05) is 36.1 Å². The third-order valence-corrected chi connectivity index (χ3v) is 5.51. The van der Waals surface area contributed by atoms with Crippen molar-refractivity contribution in [1.29, 1.82) is 0 Å². The minimum absolute atomic E-state index is 0.292. The Morgan fingerprint density at radius 2 is 0.720 bits per heavy atom. The molecule has 3 aromatic rings. The molecule has 0 aliphatic rings. The summed E-state index contributed by atoms with van der Waals surface area (Å²) < 4.78 is 0. The Bertz CT molecular complexity index is 813. The van der Waals surface area contributed by atoms with Crippen LogP contribution in [0.15, 0.2) is 54.6 Å². The summed E-state index contributed by atoms with van der Waals surface area (Å²) in [4.78, 5) is 0. The first kappa shape index (κ1) is 19.2. The third-order valence-electron chi connectivity index (χ3n) is 3.82. The molecule has 0 aliphatic carbocycles. The molecule has 0 bridgehead atoms. The maximum atomic E-state index is 6.47. The molecule has 0 aliphatic heterocycles. The van der Waals surface area contributed by atoms with E-state index in [9.17, 15) is 0 Å². The van der Waals surface area contributed by atoms with Gasteiger partial charge in [0.1, 0.15) is 0 Å². The number of rotatable bonds is 3. The summed E-state index contributed by atoms with van der Waals surface area (Å²) in [6.07, 6.45) is 0. The van der Waals surface area contributed by atoms with Gasteiger partial charge in [-0.2, -0.15) is 0 Å². The van der Waals surface area contributed by atoms with Crippen LogP contribution in [0.5, 0.6) is 0 Å². The van der Waals surface area contributed by atoms with Gasteiger partial charge in [-0.1, -0.05) is 87.8 Å². The largest absolute Gasteiger partial charge is 0.0843 e. The quantitative estimate of drug-likeness (QED) is 0.350. The van der Waals surface area contributed by atoms with Crippen molar-refractivity contribution >= 4 is 69.6 Å². The molecule has 3 rings (SSSR count). The summed E-state index contributed by atoms with van der Waals surface area (Å²) in [6, 6.07) is 16.0. The molecule has 0 N–H and O–H groups in total. The Morgan fingerprint density at radius 1 is 0.440 bits per heavy atom. The molecule has 0 atom stereocenters. The summed E-state index contributed by atoms with van der Waals surface area (Å²) in [5, 5.41) is 3.23. The van der Waals surface area contributed by atoms with Gasteiger partial charge in [0.05, 0.1) is 0 Å². The fraction of sp³-hybridized carbons (Fsp3) is 0.0526. The molecule has 0 radical (unpaired) electrons. The zero-order valence-corrected chi connectivity index (χ0v) is 17.1. The number of hydrogen-bond acceptors (Lipinski definition) is 0. The monoisotopic (exact) mass is 448 g/mol. The fourth-order valence-electron chi connectivity index (χ4n) is 2.71. The Kier molecular flexibility index (Phi) is 6.11. The predicted octanol–water partition coefficient (Wildman–Crippen LogP) is 8.79. The third kappa shape index (κ3) is 4.22. The van der Waals surface area contributed by atoms with Crippen LogP contribution >= 0.6 is 69.6 Å². The van der Waals surface area contributed by atoms with E-state index in [1.807, 2.05) is 18.2 Å². The summed E-state index contributed by atoms with van der Waals surface area (Å²) in [5.41, 5.74) is 2.50. The summed E-state index contributed by atoms with van der Waals surface area (Å²) in [5.74, 6) is -0.292. The Morgan fingerprint density at radius 3 is 0.960 bits per heavy atom. The van der Waals surface area contributed by atoms with Crippen LogP contribution in [-0.4, -0.2) is 0 Å². The van der Waals surface area contributed by atoms with E-state index in [1.54, 1.807) is 36.4 Å². The maximum Gasteiger partial charge on any atom is 0.0462 e. The normalized spacial score (nSPS) is 11.2. The van der Waals surface area contributed by atoms with E-state index in [0.29, 0.717) is 30.1 Å². The van der Waals surface area contributed by atoms with Crippen molar-refractivity contribution in [2.24, 2.45) is 0 Å². The van der Waals surface area contributed by atoms with E-state index in [-0.39, 0.29) is 5.92 Å². The summed E-state index contributed by atoms with van der Waals surface area (Å²) in [7, 11) is 0. The highest BCUT2D eigenvalue weighted by molar-refractivity contribution is 6.37. The van der Waals surface area contributed by atoms with Gasteiger partial charge < -0.3 is 0 Å². The zero-order valence-electron chi connectivity index (χ0n) is 12.5. The van der Waals surface area contributed by atoms with Gasteiger partial charge in [0.15, 0.2) is 0 Å². The first-order valence-corrected chi connectivity index (χ1v) is 9.48. The SMILES string of the molecule is Clc1ccc(C(c2ccc(Cl)cc2Cl)c2ccc(Cl)cc2Cl)c(Cl)c1. The van der Waals surface area contributed by atoms with Crippen LogP contribution in [0.1, 0.15) is 22.6 Å². The van der Waals surface area contributed by atoms with Gasteiger partial charge in [-0.05, 0) is 53.1 Å². The van der Waals surface area contributed by atoms with E-state index in [2.05, 4.69) is 0 Å². The molecule has 0 heterocycles. The molecule has 25 heavy (non-hydrogen) atoms. The second kappa shape index (κ2) is 7.96. The first-order chi connectivity index (χ1) is 11.9. The molecule has 0 amide bonds. The molecular formula is C19H10Cl6. The second-order valence-corrected chi connectivity index (χ2v) is 7.96. The molecule has 6 heteroatoms. The average molecular weight is 451 g/mol. The molecule has 0 spiro atoms. The molecule has 0 saturated carbocycles. The maximum absolute atomic E-state index is 6.47. The van der Waals surface area contributed by atoms with Gasteiger partial charge >= 0.3 is 0 Å². The number of halogens is 6. The van der Waals surface area contributed by atoms with Crippen molar-refractivity contribution in [1.82, 2.24) is 0 Å². The highest BCUT2D eigenvalue weighted by Gasteiger charge is 2.24. The lowest BCUT2D eigenvalue weighted by Crippen LogP contribution is -2.06. The molecule has 128 valence electrons. The molecule has 0 saturated heterocycles. The lowest BCUT2D eigenvalue weighted by molar-refractivity contribution is 0.978. The van der Waals surface area contributed by atoms with Gasteiger partial charge in [-0.15, -0.1) is 0 Å². The Labute approximate surface area is 176 Å². The van der Waals surface area contributed by atoms with E-state index < -0.39 is 0 Å². The van der Waals surface area contributed by atoms with Crippen molar-refractivity contribution < 1.29 is 0 Å². The topological polar surface area (TPSA) is 0 Å². The zero-order chi connectivity index (χ0) is 18.1. The van der Waals surface area contributed by atoms with Crippen LogP contribution < -0.4 is 0 Å². The van der Waals surface area contributed by atoms with Crippen molar-refractivity contribution in [2.75, 3.05) is 0 Å². The van der Waals surface area contributed by atoms with Crippen LogP contribution in [0.4, 0.5) is 0 Å². The standard InChI is InChI=1S/C19H10Cl6/c20-10-1-4-13(16(23)7-10)19(14-5-2-11(21)8-17(14)24)15-6-3-12(22)9-18(15)25/h1-9,19H. The smallest absolute Gasteiger partial charge is 0.0462 e. The van der Waals surface area contributed by atoms with Gasteiger partial charge in [0.25, 0.3) is 0 Å². The summed E-state index contributed by atoms with van der Waals surface area (Å²) >= 11 is 37.5. The molecule has 0 fully saturated rings. The fourth-order valence-corrected chi connectivity index (χ4v) is 4.26. The predicted molar refractivity (Wildman–Crippen MR) is 110 cm³/mol. The van der Waals surface area contributed by atoms with Gasteiger partial charge in [-0.25, -0.2) is 0 Å². The van der Waals surface area contributed by atoms with Crippen molar-refractivity contribution in [3.63, 3.8) is 0 Å². The molecule has 0 unspecified atom stereocenters. The molecular weight excluding hydrogens is 441 g/mol. The van der Waals surface area contributed by atoms with Crippen molar-refractivity contribution in [3.05, 3.63) is 101 Å². The second-order valence-electron chi connectivity index (χ2n) is 5.43. The minimum atomic E-state index is -0.292. The lowest BCUT2D eigenvalue weighted by atomic mass is 9.85. The van der Waals surface area contributed by atoms with Crippen LogP contribution in [0.3, 0.4) is 0 Å². The lowest BCUT2D eigenvalue weighted by Gasteiger charge is -2.22. The van der Waals surface area contributed by atoms with E-state index in [0.717, 1.165) is 16.7 Å². The van der Waals surface area contributed by atoms with Crippen LogP contribution in [0.2, 0.25) is 30.1 Å². The molecule has 0 aromatic heterocycles. The van der Waals surface area contributed by atoms with Crippen LogP contribution in [0, 0.1) is 0 Å².